The van der Waals surface area contributed by atoms with Crippen LogP contribution >= 0.6 is 0 Å². The Labute approximate surface area is 139 Å². The van der Waals surface area contributed by atoms with E-state index in [9.17, 15) is 13.2 Å². The van der Waals surface area contributed by atoms with Gasteiger partial charge in [0.05, 0.1) is 13.5 Å². The standard InChI is InChI=1S/C16H20F3N3O2/c1-4-9-24-14-10-12(5-6-13(14)23-3)11-22-15(20-2)21-8-7-16(17,18)19/h1,5-6,10H,7-9,11H2,2-3H3,(H2,20,21,22). The number of guanidine groups is 1. The molecule has 1 aromatic carbocycles. The van der Waals surface area contributed by atoms with Crippen molar-refractivity contribution < 1.29 is 22.6 Å². The summed E-state index contributed by atoms with van der Waals surface area (Å²) in [7, 11) is 3.00. The van der Waals surface area contributed by atoms with Crippen molar-refractivity contribution in [1.29, 1.82) is 0 Å². The van der Waals surface area contributed by atoms with Crippen LogP contribution < -0.4 is 20.1 Å². The summed E-state index contributed by atoms with van der Waals surface area (Å²) >= 11 is 0. The van der Waals surface area contributed by atoms with Gasteiger partial charge in [0, 0.05) is 20.1 Å². The van der Waals surface area contributed by atoms with E-state index in [1.165, 1.54) is 14.2 Å². The van der Waals surface area contributed by atoms with Crippen LogP contribution in [0, 0.1) is 12.3 Å². The van der Waals surface area contributed by atoms with Crippen LogP contribution in [-0.2, 0) is 6.54 Å². The summed E-state index contributed by atoms with van der Waals surface area (Å²) in [6.45, 7) is 0.207. The number of rotatable bonds is 7. The Hall–Kier alpha value is -2.56. The zero-order valence-corrected chi connectivity index (χ0v) is 13.5. The zero-order valence-electron chi connectivity index (χ0n) is 13.5. The molecule has 0 unspecified atom stereocenters. The second-order valence-corrected chi connectivity index (χ2v) is 4.70. The Morgan fingerprint density at radius 3 is 2.62 bits per heavy atom. The number of ether oxygens (including phenoxy) is 2. The number of benzene rings is 1. The molecule has 0 radical (unpaired) electrons. The summed E-state index contributed by atoms with van der Waals surface area (Å²) < 4.78 is 47.0. The monoisotopic (exact) mass is 343 g/mol. The molecular weight excluding hydrogens is 323 g/mol. The van der Waals surface area contributed by atoms with Crippen molar-refractivity contribution in [2.24, 2.45) is 4.99 Å². The molecule has 1 aromatic rings. The molecule has 0 aliphatic heterocycles. The topological polar surface area (TPSA) is 54.9 Å². The molecule has 0 aliphatic rings. The first-order chi connectivity index (χ1) is 11.4. The van der Waals surface area contributed by atoms with Gasteiger partial charge in [0.25, 0.3) is 0 Å². The van der Waals surface area contributed by atoms with Crippen LogP contribution in [0.25, 0.3) is 0 Å². The van der Waals surface area contributed by atoms with Gasteiger partial charge in [-0.05, 0) is 17.7 Å². The van der Waals surface area contributed by atoms with Gasteiger partial charge in [0.15, 0.2) is 17.5 Å². The highest BCUT2D eigenvalue weighted by Crippen LogP contribution is 2.27. The first-order valence-electron chi connectivity index (χ1n) is 7.14. The third-order valence-corrected chi connectivity index (χ3v) is 2.92. The first kappa shape index (κ1) is 19.5. The average molecular weight is 343 g/mol. The maximum absolute atomic E-state index is 12.1. The van der Waals surface area contributed by atoms with Gasteiger partial charge in [-0.1, -0.05) is 12.0 Å². The highest BCUT2D eigenvalue weighted by Gasteiger charge is 2.26. The number of halogens is 3. The number of nitrogens with one attached hydrogen (secondary N) is 2. The van der Waals surface area contributed by atoms with Crippen LogP contribution in [0.3, 0.4) is 0 Å². The molecule has 0 saturated carbocycles. The minimum atomic E-state index is -4.20. The highest BCUT2D eigenvalue weighted by atomic mass is 19.4. The van der Waals surface area contributed by atoms with Crippen LogP contribution in [0.15, 0.2) is 23.2 Å². The van der Waals surface area contributed by atoms with Gasteiger partial charge in [0.1, 0.15) is 6.61 Å². The Bertz CT molecular complexity index is 595. The molecule has 132 valence electrons. The highest BCUT2D eigenvalue weighted by molar-refractivity contribution is 5.79. The van der Waals surface area contributed by atoms with E-state index >= 15 is 0 Å². The molecule has 0 aromatic heterocycles. The van der Waals surface area contributed by atoms with Crippen LogP contribution in [0.2, 0.25) is 0 Å². The van der Waals surface area contributed by atoms with E-state index in [2.05, 4.69) is 21.5 Å². The van der Waals surface area contributed by atoms with E-state index in [4.69, 9.17) is 15.9 Å². The van der Waals surface area contributed by atoms with E-state index in [1.54, 1.807) is 18.2 Å². The number of hydrogen-bond donors (Lipinski definition) is 2. The largest absolute Gasteiger partial charge is 0.493 e. The lowest BCUT2D eigenvalue weighted by molar-refractivity contribution is -0.132. The summed E-state index contributed by atoms with van der Waals surface area (Å²) in [5, 5.41) is 5.53. The van der Waals surface area contributed by atoms with Crippen molar-refractivity contribution >= 4 is 5.96 Å². The summed E-state index contributed by atoms with van der Waals surface area (Å²) in [5.41, 5.74) is 0.835. The maximum atomic E-state index is 12.1. The quantitative estimate of drug-likeness (QED) is 0.453. The molecule has 5 nitrogen and oxygen atoms in total. The second kappa shape index (κ2) is 9.55. The van der Waals surface area contributed by atoms with Crippen LogP contribution in [-0.4, -0.2) is 39.4 Å². The molecule has 1 rings (SSSR count). The fourth-order valence-electron chi connectivity index (χ4n) is 1.79. The summed E-state index contributed by atoms with van der Waals surface area (Å²) in [6.07, 6.45) is 0.0337. The van der Waals surface area contributed by atoms with Crippen molar-refractivity contribution in [3.05, 3.63) is 23.8 Å². The first-order valence-corrected chi connectivity index (χ1v) is 7.14. The van der Waals surface area contributed by atoms with Gasteiger partial charge in [-0.25, -0.2) is 0 Å². The van der Waals surface area contributed by atoms with Crippen LogP contribution in [0.4, 0.5) is 13.2 Å². The van der Waals surface area contributed by atoms with Crippen molar-refractivity contribution in [2.75, 3.05) is 27.3 Å². The third kappa shape index (κ3) is 7.13. The molecule has 8 heteroatoms. The average Bonchev–Trinajstić information content (AvgIpc) is 2.55. The molecule has 0 amide bonds. The molecule has 0 fully saturated rings. The maximum Gasteiger partial charge on any atom is 0.390 e. The van der Waals surface area contributed by atoms with Crippen molar-refractivity contribution in [1.82, 2.24) is 10.6 Å². The molecule has 0 bridgehead atoms. The third-order valence-electron chi connectivity index (χ3n) is 2.92. The molecule has 0 aliphatic carbocycles. The van der Waals surface area contributed by atoms with Gasteiger partial charge in [-0.3, -0.25) is 4.99 Å². The summed E-state index contributed by atoms with van der Waals surface area (Å²) in [5.74, 6) is 3.68. The number of alkyl halides is 3. The van der Waals surface area contributed by atoms with E-state index < -0.39 is 12.6 Å². The minimum Gasteiger partial charge on any atom is -0.493 e. The Balaban J connectivity index is 2.60. The van der Waals surface area contributed by atoms with Gasteiger partial charge in [-0.2, -0.15) is 13.2 Å². The number of methoxy groups -OCH3 is 1. The van der Waals surface area contributed by atoms with Crippen molar-refractivity contribution in [2.45, 2.75) is 19.1 Å². The van der Waals surface area contributed by atoms with Crippen molar-refractivity contribution in [3.8, 4) is 23.8 Å². The smallest absolute Gasteiger partial charge is 0.390 e. The molecule has 0 spiro atoms. The number of hydrogen-bond acceptors (Lipinski definition) is 3. The van der Waals surface area contributed by atoms with Crippen LogP contribution in [0.5, 0.6) is 11.5 Å². The van der Waals surface area contributed by atoms with E-state index in [0.29, 0.717) is 18.0 Å². The van der Waals surface area contributed by atoms with Gasteiger partial charge in [-0.15, -0.1) is 6.42 Å². The summed E-state index contributed by atoms with van der Waals surface area (Å²) in [6, 6.07) is 5.27. The lowest BCUT2D eigenvalue weighted by Crippen LogP contribution is -2.38. The van der Waals surface area contributed by atoms with Crippen molar-refractivity contribution in [3.63, 3.8) is 0 Å². The molecule has 0 heterocycles. The predicted octanol–water partition coefficient (Wildman–Crippen LogP) is 2.32. The number of terminal acetylenes is 1. The fraction of sp³-hybridized carbons (Fsp3) is 0.438. The Morgan fingerprint density at radius 2 is 2.04 bits per heavy atom. The lowest BCUT2D eigenvalue weighted by Gasteiger charge is -2.14. The van der Waals surface area contributed by atoms with Crippen LogP contribution in [0.1, 0.15) is 12.0 Å². The Kier molecular flexibility index (Phi) is 7.75. The van der Waals surface area contributed by atoms with Gasteiger partial charge in [0.2, 0.25) is 0 Å². The van der Waals surface area contributed by atoms with Gasteiger partial charge < -0.3 is 20.1 Å². The Morgan fingerprint density at radius 1 is 1.29 bits per heavy atom. The van der Waals surface area contributed by atoms with E-state index in [1.807, 2.05) is 0 Å². The van der Waals surface area contributed by atoms with E-state index in [-0.39, 0.29) is 19.1 Å². The molecule has 0 saturated heterocycles. The fourth-order valence-corrected chi connectivity index (χ4v) is 1.79. The SMILES string of the molecule is C#CCOc1cc(CNC(=NC)NCCC(F)(F)F)ccc1OC. The van der Waals surface area contributed by atoms with E-state index in [0.717, 1.165) is 5.56 Å². The molecule has 0 atom stereocenters. The summed E-state index contributed by atoms with van der Waals surface area (Å²) in [4.78, 5) is 3.87. The predicted molar refractivity (Wildman–Crippen MR) is 86.2 cm³/mol. The minimum absolute atomic E-state index is 0.105. The molecule has 2 N–H and O–H groups in total. The lowest BCUT2D eigenvalue weighted by atomic mass is 10.2. The number of nitrogens with zero attached hydrogens (tertiary/aromatic N) is 1. The normalized spacial score (nSPS) is 11.6. The molecular formula is C16H20F3N3O2. The van der Waals surface area contributed by atoms with Gasteiger partial charge >= 0.3 is 6.18 Å². The second-order valence-electron chi connectivity index (χ2n) is 4.70. The zero-order chi connectivity index (χ0) is 18.0. The number of aliphatic imine (C=N–C) groups is 1. The molecule has 24 heavy (non-hydrogen) atoms.